The third kappa shape index (κ3) is 2.34. The van der Waals surface area contributed by atoms with Gasteiger partial charge >= 0.3 is 0 Å². The normalized spacial score (nSPS) is 30.4. The minimum absolute atomic E-state index is 0.0671. The molecule has 0 aliphatic heterocycles. The van der Waals surface area contributed by atoms with Gasteiger partial charge in [-0.25, -0.2) is 0 Å². The Kier molecular flexibility index (Phi) is 4.17. The molecule has 0 unspecified atom stereocenters. The summed E-state index contributed by atoms with van der Waals surface area (Å²) in [5.74, 6) is 0. The highest BCUT2D eigenvalue weighted by atomic mass is 15.2. The maximum absolute atomic E-state index is 9.59. The number of hydrogen-bond acceptors (Lipinski definition) is 3. The topological polar surface area (TPSA) is 30.3 Å². The molecule has 1 aliphatic rings. The average Bonchev–Trinajstić information content (AvgIpc) is 2.47. The summed E-state index contributed by atoms with van der Waals surface area (Å²) in [5, 5.41) is 9.59. The van der Waals surface area contributed by atoms with Gasteiger partial charge in [0, 0.05) is 5.54 Å². The molecule has 0 aromatic heterocycles. The van der Waals surface area contributed by atoms with E-state index in [0.29, 0.717) is 0 Å². The molecule has 0 N–H and O–H groups in total. The van der Waals surface area contributed by atoms with Crippen LogP contribution in [0.15, 0.2) is 30.3 Å². The zero-order valence-corrected chi connectivity index (χ0v) is 13.1. The van der Waals surface area contributed by atoms with E-state index in [2.05, 4.69) is 60.3 Å². The van der Waals surface area contributed by atoms with Crippen LogP contribution in [0.1, 0.15) is 31.2 Å². The van der Waals surface area contributed by atoms with Gasteiger partial charge in [0.2, 0.25) is 0 Å². The van der Waals surface area contributed by atoms with Gasteiger partial charge in [0.25, 0.3) is 0 Å². The van der Waals surface area contributed by atoms with Gasteiger partial charge in [-0.05, 0) is 59.4 Å². The third-order valence-corrected chi connectivity index (χ3v) is 5.14. The van der Waals surface area contributed by atoms with Crippen molar-refractivity contribution in [2.75, 3.05) is 28.2 Å². The number of nitriles is 1. The zero-order chi connectivity index (χ0) is 14.8. The van der Waals surface area contributed by atoms with E-state index in [9.17, 15) is 5.26 Å². The molecule has 0 radical (unpaired) electrons. The van der Waals surface area contributed by atoms with Crippen molar-refractivity contribution in [2.24, 2.45) is 0 Å². The van der Waals surface area contributed by atoms with Gasteiger partial charge in [-0.1, -0.05) is 30.3 Å². The van der Waals surface area contributed by atoms with E-state index in [0.717, 1.165) is 25.7 Å². The molecular formula is C17H25N3. The molecule has 20 heavy (non-hydrogen) atoms. The van der Waals surface area contributed by atoms with Crippen molar-refractivity contribution < 1.29 is 0 Å². The van der Waals surface area contributed by atoms with E-state index in [4.69, 9.17) is 0 Å². The molecule has 0 bridgehead atoms. The fourth-order valence-electron chi connectivity index (χ4n) is 3.48. The number of hydrogen-bond donors (Lipinski definition) is 0. The molecule has 108 valence electrons. The first-order valence-electron chi connectivity index (χ1n) is 7.28. The van der Waals surface area contributed by atoms with Crippen molar-refractivity contribution in [3.05, 3.63) is 35.9 Å². The number of nitrogens with zero attached hydrogens (tertiary/aromatic N) is 3. The first-order valence-corrected chi connectivity index (χ1v) is 7.28. The molecule has 3 heteroatoms. The van der Waals surface area contributed by atoms with Crippen LogP contribution in [0.25, 0.3) is 0 Å². The van der Waals surface area contributed by atoms with Crippen molar-refractivity contribution in [3.63, 3.8) is 0 Å². The van der Waals surface area contributed by atoms with Crippen molar-refractivity contribution in [1.29, 1.82) is 5.26 Å². The minimum Gasteiger partial charge on any atom is -0.300 e. The van der Waals surface area contributed by atoms with Gasteiger partial charge < -0.3 is 0 Å². The molecule has 0 saturated heterocycles. The van der Waals surface area contributed by atoms with Crippen LogP contribution in [-0.4, -0.2) is 43.5 Å². The van der Waals surface area contributed by atoms with Crippen molar-refractivity contribution in [2.45, 2.75) is 36.8 Å². The maximum atomic E-state index is 9.59. The Morgan fingerprint density at radius 1 is 0.900 bits per heavy atom. The van der Waals surface area contributed by atoms with Gasteiger partial charge in [0.15, 0.2) is 0 Å². The molecule has 0 heterocycles. The summed E-state index contributed by atoms with van der Waals surface area (Å²) in [4.78, 5) is 4.43. The summed E-state index contributed by atoms with van der Waals surface area (Å²) in [6.07, 6.45) is 3.89. The Morgan fingerprint density at radius 3 is 1.85 bits per heavy atom. The molecule has 1 aromatic rings. The van der Waals surface area contributed by atoms with Crippen LogP contribution in [0.3, 0.4) is 0 Å². The lowest BCUT2D eigenvalue weighted by atomic mass is 9.68. The number of benzene rings is 1. The Balaban J connectivity index is 2.31. The first kappa shape index (κ1) is 15.0. The van der Waals surface area contributed by atoms with Crippen LogP contribution in [0.2, 0.25) is 0 Å². The fraction of sp³-hybridized carbons (Fsp3) is 0.588. The summed E-state index contributed by atoms with van der Waals surface area (Å²) in [5.41, 5.74) is 1.14. The minimum atomic E-state index is -0.297. The van der Waals surface area contributed by atoms with Gasteiger partial charge in [-0.15, -0.1) is 0 Å². The fourth-order valence-corrected chi connectivity index (χ4v) is 3.48. The van der Waals surface area contributed by atoms with Crippen LogP contribution in [0, 0.1) is 11.3 Å². The summed E-state index contributed by atoms with van der Waals surface area (Å²) in [6.45, 7) is 0. The van der Waals surface area contributed by atoms with Crippen LogP contribution in [0.4, 0.5) is 0 Å². The molecule has 3 nitrogen and oxygen atoms in total. The second-order valence-electron chi connectivity index (χ2n) is 6.33. The number of rotatable bonds is 3. The van der Waals surface area contributed by atoms with Crippen LogP contribution in [-0.2, 0) is 5.54 Å². The van der Waals surface area contributed by atoms with E-state index in [1.54, 1.807) is 0 Å². The van der Waals surface area contributed by atoms with Crippen molar-refractivity contribution in [1.82, 2.24) is 9.80 Å². The molecule has 0 amide bonds. The van der Waals surface area contributed by atoms with Crippen LogP contribution >= 0.6 is 0 Å². The van der Waals surface area contributed by atoms with E-state index in [-0.39, 0.29) is 11.1 Å². The lowest BCUT2D eigenvalue weighted by molar-refractivity contribution is 0.0380. The van der Waals surface area contributed by atoms with E-state index in [1.807, 2.05) is 14.1 Å². The highest BCUT2D eigenvalue weighted by Gasteiger charge is 2.46. The summed E-state index contributed by atoms with van der Waals surface area (Å²) < 4.78 is 0. The van der Waals surface area contributed by atoms with Crippen LogP contribution < -0.4 is 0 Å². The lowest BCUT2D eigenvalue weighted by Gasteiger charge is -2.49. The Hall–Kier alpha value is -1.37. The van der Waals surface area contributed by atoms with E-state index >= 15 is 0 Å². The summed E-state index contributed by atoms with van der Waals surface area (Å²) in [6, 6.07) is 13.3. The predicted octanol–water partition coefficient (Wildman–Crippen LogP) is 2.84. The van der Waals surface area contributed by atoms with Gasteiger partial charge in [0.1, 0.15) is 5.54 Å². The molecule has 2 rings (SSSR count). The molecule has 0 atom stereocenters. The largest absolute Gasteiger partial charge is 0.300 e. The smallest absolute Gasteiger partial charge is 0.108 e. The zero-order valence-electron chi connectivity index (χ0n) is 13.1. The maximum Gasteiger partial charge on any atom is 0.108 e. The SMILES string of the molecule is CN(C)C1(C#N)CCC(c2ccccc2)(N(C)C)CC1. The first-order chi connectivity index (χ1) is 9.47. The van der Waals surface area contributed by atoms with E-state index < -0.39 is 0 Å². The third-order valence-electron chi connectivity index (χ3n) is 5.14. The average molecular weight is 271 g/mol. The Morgan fingerprint density at radius 2 is 1.45 bits per heavy atom. The second-order valence-corrected chi connectivity index (χ2v) is 6.33. The Labute approximate surface area is 122 Å². The van der Waals surface area contributed by atoms with Gasteiger partial charge in [0.05, 0.1) is 6.07 Å². The molecule has 1 aliphatic carbocycles. The van der Waals surface area contributed by atoms with Gasteiger partial charge in [-0.3, -0.25) is 9.80 Å². The highest BCUT2D eigenvalue weighted by Crippen LogP contribution is 2.45. The molecule has 0 spiro atoms. The summed E-state index contributed by atoms with van der Waals surface area (Å²) in [7, 11) is 8.35. The lowest BCUT2D eigenvalue weighted by Crippen LogP contribution is -2.53. The standard InChI is InChI=1S/C17H25N3/c1-19(2)16(14-18)10-12-17(13-11-16,20(3)4)15-8-6-5-7-9-15/h5-9H,10-13H2,1-4H3. The van der Waals surface area contributed by atoms with Crippen molar-refractivity contribution in [3.8, 4) is 6.07 Å². The highest BCUT2D eigenvalue weighted by molar-refractivity contribution is 5.27. The molecule has 1 fully saturated rings. The quantitative estimate of drug-likeness (QED) is 0.847. The summed E-state index contributed by atoms with van der Waals surface area (Å²) >= 11 is 0. The van der Waals surface area contributed by atoms with E-state index in [1.165, 1.54) is 5.56 Å². The monoisotopic (exact) mass is 271 g/mol. The molecule has 1 aromatic carbocycles. The Bertz CT molecular complexity index is 477. The van der Waals surface area contributed by atoms with Crippen molar-refractivity contribution >= 4 is 0 Å². The molecular weight excluding hydrogens is 246 g/mol. The second kappa shape index (κ2) is 5.55. The molecule has 1 saturated carbocycles. The van der Waals surface area contributed by atoms with Gasteiger partial charge in [-0.2, -0.15) is 5.26 Å². The van der Waals surface area contributed by atoms with Crippen LogP contribution in [0.5, 0.6) is 0 Å². The predicted molar refractivity (Wildman–Crippen MR) is 82.3 cm³/mol.